The van der Waals surface area contributed by atoms with Gasteiger partial charge in [-0.05, 0) is 25.0 Å². The number of carbonyl (C=O) groups excluding carboxylic acids is 1. The fourth-order valence-electron chi connectivity index (χ4n) is 3.31. The van der Waals surface area contributed by atoms with E-state index < -0.39 is 17.9 Å². The molecule has 0 aromatic heterocycles. The molecule has 3 unspecified atom stereocenters. The number of hydrogen-bond acceptors (Lipinski definition) is 6. The molecule has 0 saturated heterocycles. The summed E-state index contributed by atoms with van der Waals surface area (Å²) in [5, 5.41) is 29.2. The molecule has 0 spiro atoms. The Kier molecular flexibility index (Phi) is 3.94. The van der Waals surface area contributed by atoms with Gasteiger partial charge in [-0.25, -0.2) is 0 Å². The van der Waals surface area contributed by atoms with Gasteiger partial charge >= 0.3 is 0 Å². The molecule has 0 heterocycles. The zero-order chi connectivity index (χ0) is 16.6. The molecule has 1 aromatic carbocycles. The summed E-state index contributed by atoms with van der Waals surface area (Å²) in [6.07, 6.45) is 0.941. The molecule has 2 aliphatic rings. The molecule has 0 bridgehead atoms. The predicted octanol–water partition coefficient (Wildman–Crippen LogP) is 3.49. The van der Waals surface area contributed by atoms with Crippen LogP contribution >= 0.6 is 0 Å². The quantitative estimate of drug-likeness (QED) is 0.523. The van der Waals surface area contributed by atoms with Crippen molar-refractivity contribution in [1.29, 1.82) is 0 Å². The largest absolute Gasteiger partial charge is 0.510 e. The minimum Gasteiger partial charge on any atom is -0.510 e. The number of ketones is 1. The van der Waals surface area contributed by atoms with E-state index >= 15 is 0 Å². The van der Waals surface area contributed by atoms with Crippen LogP contribution in [0.25, 0.3) is 0 Å². The molecule has 7 heteroatoms. The third-order valence-electron chi connectivity index (χ3n) is 4.66. The molecule has 3 rings (SSSR count). The summed E-state index contributed by atoms with van der Waals surface area (Å²) in [5.74, 6) is -1.31. The molecule has 7 nitrogen and oxygen atoms in total. The summed E-state index contributed by atoms with van der Waals surface area (Å²) < 4.78 is 0. The van der Waals surface area contributed by atoms with E-state index in [1.807, 2.05) is 25.1 Å². The minimum absolute atomic E-state index is 0.0488. The fourth-order valence-corrected chi connectivity index (χ4v) is 3.31. The zero-order valence-electron chi connectivity index (χ0n) is 12.7. The maximum Gasteiger partial charge on any atom is 0.213 e. The average molecular weight is 315 g/mol. The van der Waals surface area contributed by atoms with Gasteiger partial charge < -0.3 is 5.11 Å². The van der Waals surface area contributed by atoms with Crippen LogP contribution in [0.1, 0.15) is 24.8 Å². The third kappa shape index (κ3) is 2.74. The Labute approximate surface area is 132 Å². The van der Waals surface area contributed by atoms with E-state index in [4.69, 9.17) is 0 Å². The molecule has 1 aromatic rings. The van der Waals surface area contributed by atoms with Crippen molar-refractivity contribution in [2.24, 2.45) is 22.1 Å². The predicted molar refractivity (Wildman–Crippen MR) is 82.0 cm³/mol. The molecule has 0 radical (unpaired) electrons. The van der Waals surface area contributed by atoms with Crippen LogP contribution in [0.4, 0.5) is 5.69 Å². The van der Waals surface area contributed by atoms with Crippen molar-refractivity contribution in [3.8, 4) is 0 Å². The van der Waals surface area contributed by atoms with E-state index in [0.717, 1.165) is 5.56 Å². The van der Waals surface area contributed by atoms with Gasteiger partial charge in [0.25, 0.3) is 0 Å². The van der Waals surface area contributed by atoms with E-state index in [1.54, 1.807) is 6.07 Å². The highest BCUT2D eigenvalue weighted by molar-refractivity contribution is 6.00. The lowest BCUT2D eigenvalue weighted by Crippen LogP contribution is -2.33. The van der Waals surface area contributed by atoms with Gasteiger partial charge in [-0.1, -0.05) is 18.2 Å². The Morgan fingerprint density at radius 3 is 2.65 bits per heavy atom. The van der Waals surface area contributed by atoms with Gasteiger partial charge in [-0.3, -0.25) is 14.9 Å². The van der Waals surface area contributed by atoms with Gasteiger partial charge in [0.2, 0.25) is 6.04 Å². The molecular formula is C16H17N3O4. The van der Waals surface area contributed by atoms with Gasteiger partial charge in [-0.15, -0.1) is 5.11 Å². The maximum atomic E-state index is 12.4. The molecule has 3 atom stereocenters. The van der Waals surface area contributed by atoms with Crippen molar-refractivity contribution in [1.82, 2.24) is 0 Å². The van der Waals surface area contributed by atoms with Gasteiger partial charge in [0, 0.05) is 29.6 Å². The summed E-state index contributed by atoms with van der Waals surface area (Å²) in [5.41, 5.74) is 1.48. The molecule has 2 aliphatic carbocycles. The van der Waals surface area contributed by atoms with E-state index in [0.29, 0.717) is 18.5 Å². The lowest BCUT2D eigenvalue weighted by atomic mass is 9.78. The Balaban J connectivity index is 1.86. The lowest BCUT2D eigenvalue weighted by Gasteiger charge is -2.25. The van der Waals surface area contributed by atoms with Gasteiger partial charge in [0.1, 0.15) is 5.76 Å². The number of aryl methyl sites for hydroxylation is 1. The highest BCUT2D eigenvalue weighted by atomic mass is 16.6. The first-order valence-corrected chi connectivity index (χ1v) is 7.57. The standard InChI is InChI=1S/C16H17N3O4/c1-9-4-2-3-5-13(9)17-18-14-15(20)11-7-6-10(19(22)23)8-12(11)16(14)21/h2-5,10-12,21H,6-8H2,1H3. The molecule has 0 aliphatic heterocycles. The second-order valence-corrected chi connectivity index (χ2v) is 6.05. The summed E-state index contributed by atoms with van der Waals surface area (Å²) in [7, 11) is 0. The molecule has 120 valence electrons. The Bertz CT molecular complexity index is 726. The van der Waals surface area contributed by atoms with E-state index in [2.05, 4.69) is 10.2 Å². The fraction of sp³-hybridized carbons (Fsp3) is 0.438. The van der Waals surface area contributed by atoms with Gasteiger partial charge in [-0.2, -0.15) is 5.11 Å². The van der Waals surface area contributed by atoms with Crippen LogP contribution in [0.15, 0.2) is 46.0 Å². The molecule has 1 fully saturated rings. The normalized spacial score (nSPS) is 27.5. The smallest absolute Gasteiger partial charge is 0.213 e. The number of aliphatic hydroxyl groups is 1. The number of Topliss-reactive ketones (excluding diaryl/α,β-unsaturated/α-hetero) is 1. The van der Waals surface area contributed by atoms with Crippen LogP contribution in [0.5, 0.6) is 0 Å². The Hall–Kier alpha value is -2.57. The number of carbonyl (C=O) groups is 1. The molecule has 23 heavy (non-hydrogen) atoms. The second kappa shape index (κ2) is 5.91. The molecule has 1 N–H and O–H groups in total. The van der Waals surface area contributed by atoms with Crippen molar-refractivity contribution in [2.75, 3.05) is 0 Å². The third-order valence-corrected chi connectivity index (χ3v) is 4.66. The minimum atomic E-state index is -0.709. The Morgan fingerprint density at radius 2 is 1.96 bits per heavy atom. The lowest BCUT2D eigenvalue weighted by molar-refractivity contribution is -0.528. The van der Waals surface area contributed by atoms with Crippen LogP contribution < -0.4 is 0 Å². The van der Waals surface area contributed by atoms with Gasteiger partial charge in [0.05, 0.1) is 5.69 Å². The van der Waals surface area contributed by atoms with Crippen LogP contribution in [0, 0.1) is 28.9 Å². The van der Waals surface area contributed by atoms with Gasteiger partial charge in [0.15, 0.2) is 11.5 Å². The topological polar surface area (TPSA) is 105 Å². The molecular weight excluding hydrogens is 298 g/mol. The van der Waals surface area contributed by atoms with Crippen molar-refractivity contribution < 1.29 is 14.8 Å². The summed E-state index contributed by atoms with van der Waals surface area (Å²) in [4.78, 5) is 23.0. The highest BCUT2D eigenvalue weighted by Crippen LogP contribution is 2.43. The first-order chi connectivity index (χ1) is 11.0. The maximum absolute atomic E-state index is 12.4. The van der Waals surface area contributed by atoms with Crippen molar-refractivity contribution in [3.63, 3.8) is 0 Å². The summed E-state index contributed by atoms with van der Waals surface area (Å²) >= 11 is 0. The molecule has 0 amide bonds. The second-order valence-electron chi connectivity index (χ2n) is 6.05. The highest BCUT2D eigenvalue weighted by Gasteiger charge is 2.48. The first-order valence-electron chi connectivity index (χ1n) is 7.57. The van der Waals surface area contributed by atoms with Crippen LogP contribution in [0.3, 0.4) is 0 Å². The van der Waals surface area contributed by atoms with E-state index in [1.165, 1.54) is 0 Å². The number of nitro groups is 1. The number of azo groups is 1. The summed E-state index contributed by atoms with van der Waals surface area (Å²) in [6, 6.07) is 6.62. The van der Waals surface area contributed by atoms with E-state index in [9.17, 15) is 20.0 Å². The number of aliphatic hydroxyl groups excluding tert-OH is 1. The SMILES string of the molecule is Cc1ccccc1N=NC1=C(O)C2CC([N+](=O)[O-])CCC2C1=O. The van der Waals surface area contributed by atoms with Crippen molar-refractivity contribution in [3.05, 3.63) is 51.4 Å². The van der Waals surface area contributed by atoms with Crippen LogP contribution in [0.2, 0.25) is 0 Å². The number of hydrogen-bond donors (Lipinski definition) is 1. The monoisotopic (exact) mass is 315 g/mol. The van der Waals surface area contributed by atoms with Crippen LogP contribution in [-0.2, 0) is 4.79 Å². The van der Waals surface area contributed by atoms with Crippen LogP contribution in [-0.4, -0.2) is 21.9 Å². The zero-order valence-corrected chi connectivity index (χ0v) is 12.7. The number of fused-ring (bicyclic) bond motifs is 1. The molecule has 1 saturated carbocycles. The Morgan fingerprint density at radius 1 is 1.22 bits per heavy atom. The number of benzene rings is 1. The van der Waals surface area contributed by atoms with Crippen molar-refractivity contribution in [2.45, 2.75) is 32.2 Å². The number of nitrogens with zero attached hydrogens (tertiary/aromatic N) is 3. The first kappa shape index (κ1) is 15.3. The summed E-state index contributed by atoms with van der Waals surface area (Å²) in [6.45, 7) is 1.88. The van der Waals surface area contributed by atoms with E-state index in [-0.39, 0.29) is 28.6 Å². The number of allylic oxidation sites excluding steroid dienone is 2. The number of rotatable bonds is 3. The van der Waals surface area contributed by atoms with Crippen molar-refractivity contribution >= 4 is 11.5 Å². The average Bonchev–Trinajstić information content (AvgIpc) is 2.78.